The van der Waals surface area contributed by atoms with Crippen LogP contribution in [0.1, 0.15) is 6.42 Å². The topological polar surface area (TPSA) is 73.3 Å². The number of hydrogen-bond donors (Lipinski definition) is 2. The Hall–Kier alpha value is -0.620. The summed E-state index contributed by atoms with van der Waals surface area (Å²) < 4.78 is 20.1. The molecule has 12 heavy (non-hydrogen) atoms. The lowest BCUT2D eigenvalue weighted by molar-refractivity contribution is -0.120. The maximum Gasteiger partial charge on any atom is 0.221 e. The maximum atomic E-state index is 11.3. The molecule has 1 heterocycles. The highest BCUT2D eigenvalue weighted by Gasteiger charge is 2.17. The van der Waals surface area contributed by atoms with Gasteiger partial charge in [-0.2, -0.15) is 0 Å². The summed E-state index contributed by atoms with van der Waals surface area (Å²) in [5, 5.41) is 2.66. The SMILES string of the molecule is CS(=N)(=O)N1CCNC(=O)CC1. The number of nitrogens with zero attached hydrogens (tertiary/aromatic N) is 1. The lowest BCUT2D eigenvalue weighted by Gasteiger charge is -2.18. The van der Waals surface area contributed by atoms with Crippen LogP contribution in [0.2, 0.25) is 0 Å². The van der Waals surface area contributed by atoms with Crippen molar-refractivity contribution in [2.45, 2.75) is 6.42 Å². The molecule has 1 aliphatic rings. The summed E-state index contributed by atoms with van der Waals surface area (Å²) in [6.45, 7) is 1.41. The van der Waals surface area contributed by atoms with Crippen LogP contribution >= 0.6 is 0 Å². The fourth-order valence-electron chi connectivity index (χ4n) is 1.09. The minimum absolute atomic E-state index is 0.0267. The molecule has 6 heteroatoms. The first-order chi connectivity index (χ1) is 5.50. The van der Waals surface area contributed by atoms with Gasteiger partial charge in [0, 0.05) is 32.3 Å². The smallest absolute Gasteiger partial charge is 0.221 e. The Morgan fingerprint density at radius 1 is 1.58 bits per heavy atom. The standard InChI is InChI=1S/C6H13N3O2S/c1-12(7,11)9-4-2-6(10)8-3-5-9/h7H,2-5H2,1H3,(H,8,10). The van der Waals surface area contributed by atoms with Crippen LogP contribution in [-0.2, 0) is 14.7 Å². The third kappa shape index (κ3) is 2.46. The van der Waals surface area contributed by atoms with Crippen LogP contribution in [0.4, 0.5) is 0 Å². The number of nitrogens with one attached hydrogen (secondary N) is 2. The molecule has 0 saturated carbocycles. The van der Waals surface area contributed by atoms with E-state index in [1.165, 1.54) is 10.6 Å². The summed E-state index contributed by atoms with van der Waals surface area (Å²) in [6, 6.07) is 0. The van der Waals surface area contributed by atoms with E-state index in [0.29, 0.717) is 26.1 Å². The molecule has 0 radical (unpaired) electrons. The molecule has 70 valence electrons. The fraction of sp³-hybridized carbons (Fsp3) is 0.833. The van der Waals surface area contributed by atoms with Gasteiger partial charge in [-0.1, -0.05) is 0 Å². The van der Waals surface area contributed by atoms with Crippen molar-refractivity contribution in [2.75, 3.05) is 25.9 Å². The predicted molar refractivity (Wildman–Crippen MR) is 46.0 cm³/mol. The van der Waals surface area contributed by atoms with Crippen LogP contribution in [0.5, 0.6) is 0 Å². The molecule has 0 aromatic carbocycles. The van der Waals surface area contributed by atoms with Crippen LogP contribution < -0.4 is 5.32 Å². The van der Waals surface area contributed by atoms with Gasteiger partial charge in [0.25, 0.3) is 0 Å². The van der Waals surface area contributed by atoms with Crippen molar-refractivity contribution in [3.05, 3.63) is 0 Å². The summed E-state index contributed by atoms with van der Waals surface area (Å²) >= 11 is 0. The van der Waals surface area contributed by atoms with Crippen molar-refractivity contribution in [1.82, 2.24) is 9.62 Å². The Labute approximate surface area is 72.2 Å². The number of carbonyl (C=O) groups is 1. The quantitative estimate of drug-likeness (QED) is 0.581. The Kier molecular flexibility index (Phi) is 2.69. The maximum absolute atomic E-state index is 11.3. The monoisotopic (exact) mass is 191 g/mol. The predicted octanol–water partition coefficient (Wildman–Crippen LogP) is -0.600. The number of rotatable bonds is 1. The van der Waals surface area contributed by atoms with Crippen molar-refractivity contribution < 1.29 is 9.00 Å². The summed E-state index contributed by atoms with van der Waals surface area (Å²) in [4.78, 5) is 10.9. The Morgan fingerprint density at radius 2 is 2.25 bits per heavy atom. The fourth-order valence-corrected chi connectivity index (χ4v) is 1.97. The van der Waals surface area contributed by atoms with E-state index in [1.54, 1.807) is 0 Å². The minimum atomic E-state index is -2.63. The molecule has 1 saturated heterocycles. The normalized spacial score (nSPS) is 25.6. The average Bonchev–Trinajstić information content (AvgIpc) is 2.11. The van der Waals surface area contributed by atoms with Gasteiger partial charge in [-0.05, 0) is 0 Å². The molecular formula is C6H13N3O2S. The van der Waals surface area contributed by atoms with E-state index in [9.17, 15) is 9.00 Å². The van der Waals surface area contributed by atoms with Crippen LogP contribution in [0.3, 0.4) is 0 Å². The molecule has 1 unspecified atom stereocenters. The van der Waals surface area contributed by atoms with Gasteiger partial charge in [0.05, 0.1) is 0 Å². The average molecular weight is 191 g/mol. The summed E-state index contributed by atoms with van der Waals surface area (Å²) in [6.07, 6.45) is 1.71. The highest BCUT2D eigenvalue weighted by molar-refractivity contribution is 7.89. The molecule has 5 nitrogen and oxygen atoms in total. The molecule has 2 N–H and O–H groups in total. The van der Waals surface area contributed by atoms with E-state index >= 15 is 0 Å². The van der Waals surface area contributed by atoms with Gasteiger partial charge in [-0.15, -0.1) is 0 Å². The summed E-state index contributed by atoms with van der Waals surface area (Å²) in [7, 11) is -2.63. The third-order valence-corrected chi connectivity index (χ3v) is 3.11. The van der Waals surface area contributed by atoms with Crippen LogP contribution in [0.25, 0.3) is 0 Å². The molecule has 1 rings (SSSR count). The Morgan fingerprint density at radius 3 is 2.83 bits per heavy atom. The van der Waals surface area contributed by atoms with Crippen molar-refractivity contribution in [2.24, 2.45) is 0 Å². The minimum Gasteiger partial charge on any atom is -0.355 e. The van der Waals surface area contributed by atoms with Crippen molar-refractivity contribution in [1.29, 1.82) is 4.78 Å². The summed E-state index contributed by atoms with van der Waals surface area (Å²) in [5.41, 5.74) is 0. The van der Waals surface area contributed by atoms with Crippen LogP contribution in [0.15, 0.2) is 0 Å². The molecule has 1 amide bonds. The van der Waals surface area contributed by atoms with Gasteiger partial charge in [0.2, 0.25) is 5.91 Å². The van der Waals surface area contributed by atoms with E-state index in [2.05, 4.69) is 5.32 Å². The highest BCUT2D eigenvalue weighted by atomic mass is 32.2. The molecule has 1 atom stereocenters. The van der Waals surface area contributed by atoms with E-state index in [4.69, 9.17) is 4.78 Å². The molecule has 0 aromatic rings. The molecule has 0 spiro atoms. The van der Waals surface area contributed by atoms with Gasteiger partial charge in [-0.3, -0.25) is 4.79 Å². The lowest BCUT2D eigenvalue weighted by atomic mass is 10.4. The molecule has 0 bridgehead atoms. The molecule has 0 aliphatic carbocycles. The zero-order valence-electron chi connectivity index (χ0n) is 7.00. The summed E-state index contributed by atoms with van der Waals surface area (Å²) in [5.74, 6) is -0.0267. The lowest BCUT2D eigenvalue weighted by Crippen LogP contribution is -2.32. The van der Waals surface area contributed by atoms with E-state index < -0.39 is 9.92 Å². The number of carbonyl (C=O) groups excluding carboxylic acids is 1. The first kappa shape index (κ1) is 9.47. The van der Waals surface area contributed by atoms with E-state index in [0.717, 1.165) is 0 Å². The Balaban J connectivity index is 2.64. The van der Waals surface area contributed by atoms with E-state index in [1.807, 2.05) is 0 Å². The molecule has 1 fully saturated rings. The van der Waals surface area contributed by atoms with Gasteiger partial charge in [-0.25, -0.2) is 13.3 Å². The zero-order chi connectivity index (χ0) is 9.19. The van der Waals surface area contributed by atoms with Gasteiger partial charge < -0.3 is 5.32 Å². The van der Waals surface area contributed by atoms with Crippen LogP contribution in [0, 0.1) is 4.78 Å². The molecule has 0 aromatic heterocycles. The van der Waals surface area contributed by atoms with Crippen molar-refractivity contribution >= 4 is 15.8 Å². The third-order valence-electron chi connectivity index (χ3n) is 1.76. The second kappa shape index (κ2) is 3.40. The Bertz CT molecular complexity index is 273. The molecule has 1 aliphatic heterocycles. The van der Waals surface area contributed by atoms with Gasteiger partial charge >= 0.3 is 0 Å². The number of amides is 1. The largest absolute Gasteiger partial charge is 0.355 e. The highest BCUT2D eigenvalue weighted by Crippen LogP contribution is 2.02. The first-order valence-electron chi connectivity index (χ1n) is 3.76. The van der Waals surface area contributed by atoms with Crippen LogP contribution in [-0.4, -0.2) is 40.3 Å². The number of hydrogen-bond acceptors (Lipinski definition) is 3. The zero-order valence-corrected chi connectivity index (χ0v) is 7.82. The first-order valence-corrected chi connectivity index (χ1v) is 5.68. The second-order valence-corrected chi connectivity index (χ2v) is 4.95. The van der Waals surface area contributed by atoms with E-state index in [-0.39, 0.29) is 5.91 Å². The van der Waals surface area contributed by atoms with Gasteiger partial charge in [0.15, 0.2) is 0 Å². The van der Waals surface area contributed by atoms with Crippen molar-refractivity contribution in [3.8, 4) is 0 Å². The van der Waals surface area contributed by atoms with Crippen molar-refractivity contribution in [3.63, 3.8) is 0 Å². The second-order valence-electron chi connectivity index (χ2n) is 2.83. The molecular weight excluding hydrogens is 178 g/mol. The van der Waals surface area contributed by atoms with Gasteiger partial charge in [0.1, 0.15) is 9.92 Å².